The van der Waals surface area contributed by atoms with Gasteiger partial charge >= 0.3 is 6.09 Å². The van der Waals surface area contributed by atoms with Crippen molar-refractivity contribution in [3.63, 3.8) is 0 Å². The van der Waals surface area contributed by atoms with Crippen molar-refractivity contribution in [2.24, 2.45) is 0 Å². The Morgan fingerprint density at radius 1 is 1.03 bits per heavy atom. The standard InChI is InChI=1S/C27H45N3O4S/c1-7-9-14-18-28-24(31)23(21-15-12-11-13-16-21)30(19-10-8-2)25(32)22(17-20-35-6)29-26(33)34-27(3,4)5/h11-13,15-16,22-23H,7-10,14,17-20H2,1-6H3,(H,28,31)(H,29,33). The minimum atomic E-state index is -0.784. The van der Waals surface area contributed by atoms with Crippen molar-refractivity contribution >= 4 is 29.7 Å². The van der Waals surface area contributed by atoms with Gasteiger partial charge in [-0.2, -0.15) is 11.8 Å². The number of nitrogens with one attached hydrogen (secondary N) is 2. The van der Waals surface area contributed by atoms with Gasteiger partial charge in [-0.1, -0.05) is 63.4 Å². The number of benzene rings is 1. The van der Waals surface area contributed by atoms with Crippen LogP contribution < -0.4 is 10.6 Å². The Morgan fingerprint density at radius 3 is 2.26 bits per heavy atom. The van der Waals surface area contributed by atoms with Gasteiger partial charge in [0, 0.05) is 13.1 Å². The summed E-state index contributed by atoms with van der Waals surface area (Å²) in [6, 6.07) is 7.84. The number of ether oxygens (including phenoxy) is 1. The SMILES string of the molecule is CCCCCNC(=O)C(c1ccccc1)N(CCCC)C(=O)C(CCSC)NC(=O)OC(C)(C)C. The zero-order chi connectivity index (χ0) is 26.3. The smallest absolute Gasteiger partial charge is 0.408 e. The molecule has 0 bridgehead atoms. The lowest BCUT2D eigenvalue weighted by atomic mass is 10.0. The maximum absolute atomic E-state index is 13.9. The van der Waals surface area contributed by atoms with E-state index in [2.05, 4.69) is 24.5 Å². The summed E-state index contributed by atoms with van der Waals surface area (Å²) >= 11 is 1.60. The van der Waals surface area contributed by atoms with Crippen LogP contribution in [0.3, 0.4) is 0 Å². The predicted molar refractivity (Wildman–Crippen MR) is 144 cm³/mol. The average Bonchev–Trinajstić information content (AvgIpc) is 2.81. The molecule has 35 heavy (non-hydrogen) atoms. The molecule has 8 heteroatoms. The van der Waals surface area contributed by atoms with Crippen molar-refractivity contribution in [3.8, 4) is 0 Å². The predicted octanol–water partition coefficient (Wildman–Crippen LogP) is 5.31. The lowest BCUT2D eigenvalue weighted by Gasteiger charge is -2.34. The highest BCUT2D eigenvalue weighted by Gasteiger charge is 2.35. The molecule has 0 saturated carbocycles. The first-order valence-electron chi connectivity index (χ1n) is 12.8. The Bertz CT molecular complexity index is 767. The first-order valence-corrected chi connectivity index (χ1v) is 14.2. The molecule has 0 aliphatic carbocycles. The van der Waals surface area contributed by atoms with Gasteiger partial charge in [0.2, 0.25) is 11.8 Å². The van der Waals surface area contributed by atoms with Crippen LogP contribution in [0.2, 0.25) is 0 Å². The molecule has 2 atom stereocenters. The van der Waals surface area contributed by atoms with Gasteiger partial charge in [0.25, 0.3) is 0 Å². The van der Waals surface area contributed by atoms with E-state index in [9.17, 15) is 14.4 Å². The molecule has 2 unspecified atom stereocenters. The van der Waals surface area contributed by atoms with E-state index in [0.717, 1.165) is 37.7 Å². The average molecular weight is 508 g/mol. The zero-order valence-electron chi connectivity index (χ0n) is 22.4. The van der Waals surface area contributed by atoms with Crippen LogP contribution in [-0.4, -0.2) is 59.5 Å². The Kier molecular flexibility index (Phi) is 14.5. The molecule has 0 aliphatic rings. The third-order valence-electron chi connectivity index (χ3n) is 5.39. The van der Waals surface area contributed by atoms with E-state index in [1.807, 2.05) is 36.6 Å². The van der Waals surface area contributed by atoms with Gasteiger partial charge in [-0.25, -0.2) is 4.79 Å². The first-order chi connectivity index (χ1) is 16.6. The van der Waals surface area contributed by atoms with Gasteiger partial charge in [-0.3, -0.25) is 9.59 Å². The van der Waals surface area contributed by atoms with E-state index in [0.29, 0.717) is 25.3 Å². The van der Waals surface area contributed by atoms with Crippen LogP contribution in [0.5, 0.6) is 0 Å². The molecule has 0 spiro atoms. The number of amides is 3. The van der Waals surface area contributed by atoms with E-state index in [-0.39, 0.29) is 11.8 Å². The molecular weight excluding hydrogens is 462 g/mol. The Labute approximate surface area is 216 Å². The van der Waals surface area contributed by atoms with E-state index >= 15 is 0 Å². The van der Waals surface area contributed by atoms with Crippen LogP contribution in [0, 0.1) is 0 Å². The number of hydrogen-bond acceptors (Lipinski definition) is 5. The van der Waals surface area contributed by atoms with Crippen molar-refractivity contribution in [1.82, 2.24) is 15.5 Å². The summed E-state index contributed by atoms with van der Waals surface area (Å²) in [5.74, 6) is 0.223. The highest BCUT2D eigenvalue weighted by atomic mass is 32.2. The summed E-state index contributed by atoms with van der Waals surface area (Å²) in [6.45, 7) is 10.5. The molecule has 198 valence electrons. The normalized spacial score (nSPS) is 13.0. The summed E-state index contributed by atoms with van der Waals surface area (Å²) in [5.41, 5.74) is 0.0788. The quantitative estimate of drug-likeness (QED) is 0.314. The van der Waals surface area contributed by atoms with Crippen LogP contribution in [-0.2, 0) is 14.3 Å². The molecule has 0 saturated heterocycles. The van der Waals surface area contributed by atoms with Crippen molar-refractivity contribution in [2.75, 3.05) is 25.1 Å². The number of hydrogen-bond donors (Lipinski definition) is 2. The fraction of sp³-hybridized carbons (Fsp3) is 0.667. The summed E-state index contributed by atoms with van der Waals surface area (Å²) < 4.78 is 5.42. The number of unbranched alkanes of at least 4 members (excludes halogenated alkanes) is 3. The lowest BCUT2D eigenvalue weighted by Crippen LogP contribution is -2.53. The van der Waals surface area contributed by atoms with Crippen molar-refractivity contribution in [2.45, 2.75) is 90.8 Å². The maximum Gasteiger partial charge on any atom is 0.408 e. The molecule has 1 aromatic carbocycles. The third-order valence-corrected chi connectivity index (χ3v) is 6.03. The highest BCUT2D eigenvalue weighted by Crippen LogP contribution is 2.24. The molecule has 1 rings (SSSR count). The molecule has 0 heterocycles. The molecule has 3 amide bonds. The molecule has 0 aromatic heterocycles. The number of alkyl carbamates (subject to hydrolysis) is 1. The van der Waals surface area contributed by atoms with Gasteiger partial charge in [0.1, 0.15) is 17.7 Å². The number of nitrogens with zero attached hydrogens (tertiary/aromatic N) is 1. The molecule has 1 aromatic rings. The van der Waals surface area contributed by atoms with Crippen molar-refractivity contribution in [3.05, 3.63) is 35.9 Å². The highest BCUT2D eigenvalue weighted by molar-refractivity contribution is 7.98. The monoisotopic (exact) mass is 507 g/mol. The largest absolute Gasteiger partial charge is 0.444 e. The van der Waals surface area contributed by atoms with Crippen LogP contribution in [0.1, 0.15) is 84.7 Å². The summed E-state index contributed by atoms with van der Waals surface area (Å²) in [4.78, 5) is 41.6. The second kappa shape index (κ2) is 16.5. The van der Waals surface area contributed by atoms with E-state index < -0.39 is 23.8 Å². The summed E-state index contributed by atoms with van der Waals surface area (Å²) in [7, 11) is 0. The summed E-state index contributed by atoms with van der Waals surface area (Å²) in [6.07, 6.45) is 6.38. The van der Waals surface area contributed by atoms with Crippen molar-refractivity contribution in [1.29, 1.82) is 0 Å². The molecular formula is C27H45N3O4S. The second-order valence-electron chi connectivity index (χ2n) is 9.68. The minimum Gasteiger partial charge on any atom is -0.444 e. The van der Waals surface area contributed by atoms with E-state index in [1.54, 1.807) is 37.4 Å². The van der Waals surface area contributed by atoms with Crippen molar-refractivity contribution < 1.29 is 19.1 Å². The fourth-order valence-corrected chi connectivity index (χ4v) is 4.10. The van der Waals surface area contributed by atoms with Gasteiger partial charge in [0.05, 0.1) is 0 Å². The fourth-order valence-electron chi connectivity index (χ4n) is 3.63. The second-order valence-corrected chi connectivity index (χ2v) is 10.7. The van der Waals surface area contributed by atoms with E-state index in [4.69, 9.17) is 4.74 Å². The topological polar surface area (TPSA) is 87.7 Å². The van der Waals surface area contributed by atoms with Crippen LogP contribution in [0.4, 0.5) is 4.79 Å². The first kappa shape index (κ1) is 30.8. The van der Waals surface area contributed by atoms with Gasteiger partial charge in [-0.05, 0) is 57.6 Å². The van der Waals surface area contributed by atoms with Crippen LogP contribution >= 0.6 is 11.8 Å². The Hall–Kier alpha value is -2.22. The lowest BCUT2D eigenvalue weighted by molar-refractivity contribution is -0.142. The summed E-state index contributed by atoms with van der Waals surface area (Å²) in [5, 5.41) is 5.81. The number of carbonyl (C=O) groups is 3. The van der Waals surface area contributed by atoms with Crippen LogP contribution in [0.25, 0.3) is 0 Å². The molecule has 0 radical (unpaired) electrons. The molecule has 2 N–H and O–H groups in total. The Balaban J connectivity index is 3.28. The number of carbonyl (C=O) groups excluding carboxylic acids is 3. The minimum absolute atomic E-state index is 0.197. The van der Waals surface area contributed by atoms with Gasteiger partial charge in [-0.15, -0.1) is 0 Å². The number of rotatable bonds is 15. The van der Waals surface area contributed by atoms with Gasteiger partial charge < -0.3 is 20.3 Å². The molecule has 7 nitrogen and oxygen atoms in total. The molecule has 0 aliphatic heterocycles. The van der Waals surface area contributed by atoms with Crippen LogP contribution in [0.15, 0.2) is 30.3 Å². The number of thioether (sulfide) groups is 1. The van der Waals surface area contributed by atoms with E-state index in [1.165, 1.54) is 0 Å². The Morgan fingerprint density at radius 2 is 1.69 bits per heavy atom. The zero-order valence-corrected chi connectivity index (χ0v) is 23.2. The van der Waals surface area contributed by atoms with Gasteiger partial charge in [0.15, 0.2) is 0 Å². The third kappa shape index (κ3) is 11.8. The molecule has 0 fully saturated rings. The maximum atomic E-state index is 13.9.